The topological polar surface area (TPSA) is 59.1 Å². The van der Waals surface area contributed by atoms with Crippen molar-refractivity contribution in [1.82, 2.24) is 4.90 Å². The van der Waals surface area contributed by atoms with Crippen molar-refractivity contribution < 1.29 is 23.5 Å². The van der Waals surface area contributed by atoms with Gasteiger partial charge in [-0.05, 0) is 42.3 Å². The van der Waals surface area contributed by atoms with Crippen molar-refractivity contribution in [2.24, 2.45) is 5.92 Å². The van der Waals surface area contributed by atoms with Crippen LogP contribution in [0.5, 0.6) is 5.75 Å². The Hall–Kier alpha value is -2.80. The van der Waals surface area contributed by atoms with Gasteiger partial charge in [0, 0.05) is 31.2 Å². The minimum atomic E-state index is -0.471. The maximum Gasteiger partial charge on any atom is 0.313 e. The first-order chi connectivity index (χ1) is 14.5. The Labute approximate surface area is 179 Å². The quantitative estimate of drug-likeness (QED) is 0.695. The van der Waals surface area contributed by atoms with E-state index in [9.17, 15) is 14.0 Å². The molecule has 1 fully saturated rings. The molecule has 0 spiro atoms. The predicted molar refractivity (Wildman–Crippen MR) is 110 cm³/mol. The lowest BCUT2D eigenvalue weighted by Crippen LogP contribution is -2.50. The molecule has 0 aromatic heterocycles. The molecule has 2 aromatic rings. The van der Waals surface area contributed by atoms with Gasteiger partial charge >= 0.3 is 5.97 Å². The number of piperazine rings is 1. The fourth-order valence-electron chi connectivity index (χ4n) is 3.76. The second-order valence-corrected chi connectivity index (χ2v) is 7.83. The summed E-state index contributed by atoms with van der Waals surface area (Å²) >= 11 is 6.00. The van der Waals surface area contributed by atoms with Gasteiger partial charge in [-0.3, -0.25) is 9.59 Å². The Kier molecular flexibility index (Phi) is 6.08. The molecule has 8 heteroatoms. The Morgan fingerprint density at radius 1 is 1.13 bits per heavy atom. The van der Waals surface area contributed by atoms with Gasteiger partial charge in [0.1, 0.15) is 18.2 Å². The smallest absolute Gasteiger partial charge is 0.313 e. The molecule has 1 atom stereocenters. The summed E-state index contributed by atoms with van der Waals surface area (Å²) in [5.41, 5.74) is 1.39. The minimum Gasteiger partial charge on any atom is -0.492 e. The van der Waals surface area contributed by atoms with Crippen LogP contribution in [0.25, 0.3) is 0 Å². The van der Waals surface area contributed by atoms with Crippen LogP contribution in [0.2, 0.25) is 5.02 Å². The molecule has 4 rings (SSSR count). The van der Waals surface area contributed by atoms with Crippen LogP contribution in [-0.4, -0.2) is 56.2 Å². The largest absolute Gasteiger partial charge is 0.492 e. The van der Waals surface area contributed by atoms with Crippen LogP contribution in [-0.2, 0) is 20.7 Å². The van der Waals surface area contributed by atoms with Crippen LogP contribution in [0, 0.1) is 11.7 Å². The highest BCUT2D eigenvalue weighted by atomic mass is 35.5. The summed E-state index contributed by atoms with van der Waals surface area (Å²) < 4.78 is 24.8. The van der Waals surface area contributed by atoms with Crippen LogP contribution >= 0.6 is 11.6 Å². The van der Waals surface area contributed by atoms with Crippen LogP contribution < -0.4 is 9.64 Å². The summed E-state index contributed by atoms with van der Waals surface area (Å²) in [6, 6.07) is 11.9. The number of amides is 1. The lowest BCUT2D eigenvalue weighted by molar-refractivity contribution is -0.156. The van der Waals surface area contributed by atoms with Crippen molar-refractivity contribution in [3.8, 4) is 5.75 Å². The molecule has 0 N–H and O–H groups in total. The molecule has 158 valence electrons. The molecular formula is C22H22ClFN2O4. The average Bonchev–Trinajstić information content (AvgIpc) is 2.77. The van der Waals surface area contributed by atoms with E-state index in [1.807, 2.05) is 4.90 Å². The lowest BCUT2D eigenvalue weighted by atomic mass is 9.97. The van der Waals surface area contributed by atoms with Crippen LogP contribution in [0.3, 0.4) is 0 Å². The number of hydrogen-bond acceptors (Lipinski definition) is 5. The monoisotopic (exact) mass is 432 g/mol. The number of benzene rings is 2. The zero-order chi connectivity index (χ0) is 21.1. The number of nitrogens with zero attached hydrogens (tertiary/aromatic N) is 2. The summed E-state index contributed by atoms with van der Waals surface area (Å²) in [5.74, 6) is -0.742. The molecule has 2 aliphatic rings. The molecule has 2 aliphatic heterocycles. The van der Waals surface area contributed by atoms with Gasteiger partial charge in [0.05, 0.1) is 11.6 Å². The van der Waals surface area contributed by atoms with Crippen molar-refractivity contribution in [3.63, 3.8) is 0 Å². The highest BCUT2D eigenvalue weighted by Crippen LogP contribution is 2.30. The Bertz CT molecular complexity index is 946. The number of esters is 1. The first-order valence-electron chi connectivity index (χ1n) is 9.86. The zero-order valence-electron chi connectivity index (χ0n) is 16.4. The SMILES string of the molecule is O=C(OCC(=O)N1CCN(c2ccccc2F)CC1)C1COc2ccc(Cl)cc2C1. The summed E-state index contributed by atoms with van der Waals surface area (Å²) in [7, 11) is 0. The molecule has 2 aromatic carbocycles. The van der Waals surface area contributed by atoms with Crippen molar-refractivity contribution >= 4 is 29.2 Å². The first kappa shape index (κ1) is 20.5. The van der Waals surface area contributed by atoms with Crippen molar-refractivity contribution in [1.29, 1.82) is 0 Å². The molecule has 1 unspecified atom stereocenters. The maximum absolute atomic E-state index is 13.9. The van der Waals surface area contributed by atoms with E-state index in [0.29, 0.717) is 49.1 Å². The number of hydrogen-bond donors (Lipinski definition) is 0. The van der Waals surface area contributed by atoms with Crippen LogP contribution in [0.1, 0.15) is 5.56 Å². The van der Waals surface area contributed by atoms with Gasteiger partial charge < -0.3 is 19.3 Å². The third-order valence-electron chi connectivity index (χ3n) is 5.43. The fraction of sp³-hybridized carbons (Fsp3) is 0.364. The van der Waals surface area contributed by atoms with Crippen molar-refractivity contribution in [3.05, 3.63) is 58.9 Å². The van der Waals surface area contributed by atoms with Gasteiger partial charge in [-0.25, -0.2) is 4.39 Å². The first-order valence-corrected chi connectivity index (χ1v) is 10.2. The molecule has 2 heterocycles. The lowest BCUT2D eigenvalue weighted by Gasteiger charge is -2.36. The average molecular weight is 433 g/mol. The van der Waals surface area contributed by atoms with E-state index >= 15 is 0 Å². The van der Waals surface area contributed by atoms with E-state index in [2.05, 4.69) is 0 Å². The second-order valence-electron chi connectivity index (χ2n) is 7.39. The zero-order valence-corrected chi connectivity index (χ0v) is 17.1. The van der Waals surface area contributed by atoms with E-state index < -0.39 is 11.9 Å². The molecule has 6 nitrogen and oxygen atoms in total. The summed E-state index contributed by atoms with van der Waals surface area (Å²) in [5, 5.41) is 0.580. The molecule has 30 heavy (non-hydrogen) atoms. The van der Waals surface area contributed by atoms with E-state index in [-0.39, 0.29) is 24.9 Å². The molecule has 0 aliphatic carbocycles. The Morgan fingerprint density at radius 2 is 1.90 bits per heavy atom. The van der Waals surface area contributed by atoms with Gasteiger partial charge in [0.15, 0.2) is 6.61 Å². The number of ether oxygens (including phenoxy) is 2. The Balaban J connectivity index is 1.25. The summed E-state index contributed by atoms with van der Waals surface area (Å²) in [6.07, 6.45) is 0.463. The van der Waals surface area contributed by atoms with Crippen molar-refractivity contribution in [2.45, 2.75) is 6.42 Å². The minimum absolute atomic E-state index is 0.211. The van der Waals surface area contributed by atoms with Gasteiger partial charge in [0.2, 0.25) is 0 Å². The highest BCUT2D eigenvalue weighted by Gasteiger charge is 2.29. The summed E-state index contributed by atoms with van der Waals surface area (Å²) in [4.78, 5) is 28.4. The van der Waals surface area contributed by atoms with E-state index in [4.69, 9.17) is 21.1 Å². The van der Waals surface area contributed by atoms with E-state index in [1.165, 1.54) is 6.07 Å². The number of carbonyl (C=O) groups excluding carboxylic acids is 2. The highest BCUT2D eigenvalue weighted by molar-refractivity contribution is 6.30. The van der Waals surface area contributed by atoms with Crippen molar-refractivity contribution in [2.75, 3.05) is 44.3 Å². The number of halogens is 2. The maximum atomic E-state index is 13.9. The van der Waals surface area contributed by atoms with E-state index in [0.717, 1.165) is 5.56 Å². The molecule has 0 saturated carbocycles. The second kappa shape index (κ2) is 8.92. The number of fused-ring (bicyclic) bond motifs is 1. The van der Waals surface area contributed by atoms with Gasteiger partial charge in [-0.1, -0.05) is 23.7 Å². The van der Waals surface area contributed by atoms with Crippen LogP contribution in [0.15, 0.2) is 42.5 Å². The third-order valence-corrected chi connectivity index (χ3v) is 5.66. The Morgan fingerprint density at radius 3 is 2.67 bits per heavy atom. The van der Waals surface area contributed by atoms with Gasteiger partial charge in [-0.15, -0.1) is 0 Å². The summed E-state index contributed by atoms with van der Waals surface area (Å²) in [6.45, 7) is 1.84. The van der Waals surface area contributed by atoms with E-state index in [1.54, 1.807) is 41.3 Å². The van der Waals surface area contributed by atoms with Gasteiger partial charge in [0.25, 0.3) is 5.91 Å². The van der Waals surface area contributed by atoms with Crippen LogP contribution in [0.4, 0.5) is 10.1 Å². The predicted octanol–water partition coefficient (Wildman–Crippen LogP) is 2.92. The molecule has 0 radical (unpaired) electrons. The molecule has 1 saturated heterocycles. The standard InChI is InChI=1S/C22H22ClFN2O4/c23-17-5-6-20-15(12-17)11-16(13-29-20)22(28)30-14-21(27)26-9-7-25(8-10-26)19-4-2-1-3-18(19)24/h1-6,12,16H,7-11,13-14H2. The molecule has 0 bridgehead atoms. The third kappa shape index (κ3) is 4.51. The number of rotatable bonds is 4. The number of carbonyl (C=O) groups is 2. The molecular weight excluding hydrogens is 411 g/mol. The fourth-order valence-corrected chi connectivity index (χ4v) is 3.96. The normalized spacial score (nSPS) is 18.4. The number of anilines is 1. The molecule has 1 amide bonds. The van der Waals surface area contributed by atoms with Gasteiger partial charge in [-0.2, -0.15) is 0 Å². The number of para-hydroxylation sites is 1.